The fraction of sp³-hybridized carbons (Fsp3) is 0.286. The molecule has 1 aliphatic heterocycles. The number of hydrogen-bond donors (Lipinski definition) is 0. The molecule has 0 radical (unpaired) electrons. The van der Waals surface area contributed by atoms with E-state index in [4.69, 9.17) is 18.9 Å². The molecular weight excluding hydrogens is 332 g/mol. The van der Waals surface area contributed by atoms with Crippen LogP contribution in [0.4, 0.5) is 0 Å². The van der Waals surface area contributed by atoms with Crippen LogP contribution in [-0.2, 0) is 14.3 Å². The predicted octanol–water partition coefficient (Wildman–Crippen LogP) is 3.82. The van der Waals surface area contributed by atoms with Crippen LogP contribution in [0, 0.1) is 0 Å². The van der Waals surface area contributed by atoms with Gasteiger partial charge in [0.1, 0.15) is 5.76 Å². The molecule has 5 heteroatoms. The summed E-state index contributed by atoms with van der Waals surface area (Å²) >= 11 is 0. The lowest BCUT2D eigenvalue weighted by molar-refractivity contribution is -0.112. The lowest BCUT2D eigenvalue weighted by Crippen LogP contribution is -2.37. The van der Waals surface area contributed by atoms with Crippen LogP contribution in [0.3, 0.4) is 0 Å². The molecule has 3 rings (SSSR count). The summed E-state index contributed by atoms with van der Waals surface area (Å²) in [6, 6.07) is 5.73. The van der Waals surface area contributed by atoms with Crippen molar-refractivity contribution in [1.82, 2.24) is 0 Å². The van der Waals surface area contributed by atoms with Crippen LogP contribution in [0.5, 0.6) is 11.5 Å². The van der Waals surface area contributed by atoms with Crippen LogP contribution in [0.1, 0.15) is 18.9 Å². The van der Waals surface area contributed by atoms with Crippen molar-refractivity contribution in [2.24, 2.45) is 0 Å². The summed E-state index contributed by atoms with van der Waals surface area (Å²) in [7, 11) is 3.13. The van der Waals surface area contributed by atoms with Crippen molar-refractivity contribution in [2.75, 3.05) is 21.0 Å². The summed E-state index contributed by atoms with van der Waals surface area (Å²) < 4.78 is 22.1. The highest BCUT2D eigenvalue weighted by molar-refractivity contribution is 6.06. The summed E-state index contributed by atoms with van der Waals surface area (Å²) in [5.41, 5.74) is 1.49. The molecule has 0 N–H and O–H groups in total. The Morgan fingerprint density at radius 2 is 2.08 bits per heavy atom. The molecule has 1 aliphatic carbocycles. The van der Waals surface area contributed by atoms with Crippen molar-refractivity contribution in [3.63, 3.8) is 0 Å². The second-order valence-corrected chi connectivity index (χ2v) is 6.12. The first kappa shape index (κ1) is 18.0. The molecule has 0 unspecified atom stereocenters. The van der Waals surface area contributed by atoms with E-state index in [1.54, 1.807) is 13.2 Å². The van der Waals surface area contributed by atoms with Gasteiger partial charge in [0, 0.05) is 18.8 Å². The quantitative estimate of drug-likeness (QED) is 0.727. The summed E-state index contributed by atoms with van der Waals surface area (Å²) in [4.78, 5) is 12.3. The molecule has 2 aliphatic rings. The monoisotopic (exact) mass is 354 g/mol. The molecular formula is C21H22O5. The van der Waals surface area contributed by atoms with E-state index in [2.05, 4.69) is 6.58 Å². The van der Waals surface area contributed by atoms with Gasteiger partial charge in [-0.2, -0.15) is 0 Å². The minimum Gasteiger partial charge on any atom is -0.497 e. The van der Waals surface area contributed by atoms with Gasteiger partial charge in [-0.3, -0.25) is 4.79 Å². The number of fused-ring (bicyclic) bond motifs is 1. The van der Waals surface area contributed by atoms with Gasteiger partial charge in [0.25, 0.3) is 0 Å². The van der Waals surface area contributed by atoms with Crippen LogP contribution in [0.25, 0.3) is 6.08 Å². The summed E-state index contributed by atoms with van der Waals surface area (Å²) in [5.74, 6) is 1.80. The Labute approximate surface area is 153 Å². The van der Waals surface area contributed by atoms with Crippen molar-refractivity contribution in [2.45, 2.75) is 18.9 Å². The largest absolute Gasteiger partial charge is 0.497 e. The topological polar surface area (TPSA) is 54.0 Å². The smallest absolute Gasteiger partial charge is 0.231 e. The zero-order valence-corrected chi connectivity index (χ0v) is 15.2. The Kier molecular flexibility index (Phi) is 5.00. The first-order valence-electron chi connectivity index (χ1n) is 8.30. The van der Waals surface area contributed by atoms with Crippen LogP contribution in [0.15, 0.2) is 59.9 Å². The van der Waals surface area contributed by atoms with Gasteiger partial charge in [0.15, 0.2) is 22.9 Å². The highest BCUT2D eigenvalue weighted by Gasteiger charge is 2.40. The van der Waals surface area contributed by atoms with Crippen molar-refractivity contribution in [3.8, 4) is 11.5 Å². The maximum absolute atomic E-state index is 12.3. The third-order valence-corrected chi connectivity index (χ3v) is 4.59. The minimum atomic E-state index is -0.947. The molecule has 0 bridgehead atoms. The lowest BCUT2D eigenvalue weighted by Gasteiger charge is -2.35. The first-order chi connectivity index (χ1) is 12.5. The summed E-state index contributed by atoms with van der Waals surface area (Å²) in [5, 5.41) is 0. The molecule has 136 valence electrons. The Hall–Kier alpha value is -2.79. The molecule has 5 nitrogen and oxygen atoms in total. The van der Waals surface area contributed by atoms with Crippen LogP contribution >= 0.6 is 0 Å². The number of methoxy groups -OCH3 is 2. The van der Waals surface area contributed by atoms with E-state index in [0.29, 0.717) is 23.5 Å². The van der Waals surface area contributed by atoms with E-state index in [1.165, 1.54) is 13.2 Å². The molecule has 0 amide bonds. The molecule has 0 spiro atoms. The van der Waals surface area contributed by atoms with Crippen molar-refractivity contribution in [3.05, 3.63) is 65.5 Å². The second kappa shape index (κ2) is 7.22. The molecule has 0 fully saturated rings. The maximum Gasteiger partial charge on any atom is 0.231 e. The van der Waals surface area contributed by atoms with Crippen LogP contribution in [0.2, 0.25) is 0 Å². The Bertz CT molecular complexity index is 831. The zero-order valence-electron chi connectivity index (χ0n) is 15.2. The molecule has 0 saturated carbocycles. The van der Waals surface area contributed by atoms with Crippen LogP contribution < -0.4 is 9.47 Å². The Balaban J connectivity index is 2.05. The third-order valence-electron chi connectivity index (χ3n) is 4.59. The van der Waals surface area contributed by atoms with Gasteiger partial charge in [0.05, 0.1) is 7.11 Å². The number of hydrogen-bond acceptors (Lipinski definition) is 5. The number of rotatable bonds is 6. The summed E-state index contributed by atoms with van der Waals surface area (Å²) in [6.07, 6.45) is 7.45. The predicted molar refractivity (Wildman–Crippen MR) is 99.0 cm³/mol. The number of carbonyl (C=O) groups is 1. The van der Waals surface area contributed by atoms with E-state index >= 15 is 0 Å². The van der Waals surface area contributed by atoms with Gasteiger partial charge in [0.2, 0.25) is 6.79 Å². The molecule has 0 saturated heterocycles. The average molecular weight is 354 g/mol. The van der Waals surface area contributed by atoms with Gasteiger partial charge in [-0.25, -0.2) is 0 Å². The molecule has 1 heterocycles. The fourth-order valence-corrected chi connectivity index (χ4v) is 3.22. The van der Waals surface area contributed by atoms with Gasteiger partial charge >= 0.3 is 0 Å². The fourth-order valence-electron chi connectivity index (χ4n) is 3.22. The molecule has 1 aromatic carbocycles. The Morgan fingerprint density at radius 3 is 2.77 bits per heavy atom. The summed E-state index contributed by atoms with van der Waals surface area (Å²) in [6.45, 7) is 5.90. The highest BCUT2D eigenvalue weighted by atomic mass is 16.7. The number of carbonyl (C=O) groups excluding carboxylic acids is 1. The minimum absolute atomic E-state index is 0.0923. The number of allylic oxidation sites excluding steroid dienone is 3. The van der Waals surface area contributed by atoms with Crippen molar-refractivity contribution >= 4 is 11.9 Å². The SMILES string of the molecule is C=CCC1=C[C@](OC)(/C(C)=C/c2ccc3c(c2)OCO3)C(OC)=CC1=O. The number of benzene rings is 1. The van der Waals surface area contributed by atoms with Crippen molar-refractivity contribution in [1.29, 1.82) is 0 Å². The zero-order chi connectivity index (χ0) is 18.7. The molecule has 0 aromatic heterocycles. The highest BCUT2D eigenvalue weighted by Crippen LogP contribution is 2.39. The molecule has 1 aromatic rings. The molecule has 1 atom stereocenters. The van der Waals surface area contributed by atoms with E-state index in [0.717, 1.165) is 16.9 Å². The lowest BCUT2D eigenvalue weighted by atomic mass is 9.82. The van der Waals surface area contributed by atoms with E-state index in [-0.39, 0.29) is 12.6 Å². The molecule has 26 heavy (non-hydrogen) atoms. The third kappa shape index (κ3) is 3.06. The van der Waals surface area contributed by atoms with E-state index < -0.39 is 5.60 Å². The van der Waals surface area contributed by atoms with Gasteiger partial charge < -0.3 is 18.9 Å². The van der Waals surface area contributed by atoms with Gasteiger partial charge in [-0.15, -0.1) is 6.58 Å². The average Bonchev–Trinajstić information content (AvgIpc) is 3.11. The van der Waals surface area contributed by atoms with E-state index in [1.807, 2.05) is 37.3 Å². The van der Waals surface area contributed by atoms with Crippen molar-refractivity contribution < 1.29 is 23.7 Å². The van der Waals surface area contributed by atoms with Crippen LogP contribution in [-0.4, -0.2) is 32.4 Å². The number of ketones is 1. The maximum atomic E-state index is 12.3. The standard InChI is InChI=1S/C21H22O5/c1-5-6-16-12-21(24-4,20(23-3)11-17(16)22)14(2)9-15-7-8-18-19(10-15)26-13-25-18/h5,7-12H,1,6,13H2,2-4H3/b14-9+/t21-/m0/s1. The number of ether oxygens (including phenoxy) is 4. The van der Waals surface area contributed by atoms with Gasteiger partial charge in [-0.05, 0) is 42.7 Å². The van der Waals surface area contributed by atoms with Gasteiger partial charge in [-0.1, -0.05) is 18.2 Å². The first-order valence-corrected chi connectivity index (χ1v) is 8.30. The van der Waals surface area contributed by atoms with E-state index in [9.17, 15) is 4.79 Å². The Morgan fingerprint density at radius 1 is 1.31 bits per heavy atom. The normalized spacial score (nSPS) is 22.0. The second-order valence-electron chi connectivity index (χ2n) is 6.12.